The van der Waals surface area contributed by atoms with Crippen LogP contribution >= 0.6 is 0 Å². The van der Waals surface area contributed by atoms with Crippen molar-refractivity contribution in [3.05, 3.63) is 29.8 Å². The maximum absolute atomic E-state index is 12.9. The second-order valence-electron chi connectivity index (χ2n) is 7.06. The van der Waals surface area contributed by atoms with E-state index in [0.29, 0.717) is 50.1 Å². The number of aliphatic imine (C=N–C) groups is 1. The van der Waals surface area contributed by atoms with Crippen molar-refractivity contribution in [1.82, 2.24) is 15.1 Å². The standard InChI is InChI=1S/C21H28N4O6/c1-4-30-19(27)16-17(14-6-8-15(29-3)9-7-14)22-20(23-18(16)26)24-10-12-25(13-11-24)21(28)31-5-2/h6-9,16-17H,4-5,10-13H2,1-3H3,(H,22,23,26)/t16-,17-/m0/s1. The number of ether oxygens (including phenoxy) is 3. The maximum atomic E-state index is 12.9. The van der Waals surface area contributed by atoms with Crippen LogP contribution in [0.2, 0.25) is 0 Å². The number of nitrogens with one attached hydrogen (secondary N) is 1. The molecule has 2 heterocycles. The summed E-state index contributed by atoms with van der Waals surface area (Å²) >= 11 is 0. The van der Waals surface area contributed by atoms with Gasteiger partial charge < -0.3 is 24.0 Å². The number of benzene rings is 1. The van der Waals surface area contributed by atoms with Gasteiger partial charge in [0.2, 0.25) is 11.9 Å². The van der Waals surface area contributed by atoms with Crippen LogP contribution in [0, 0.1) is 5.92 Å². The van der Waals surface area contributed by atoms with Gasteiger partial charge in [-0.1, -0.05) is 12.1 Å². The monoisotopic (exact) mass is 432 g/mol. The first-order chi connectivity index (χ1) is 15.0. The van der Waals surface area contributed by atoms with E-state index in [1.54, 1.807) is 50.1 Å². The molecule has 10 heteroatoms. The molecule has 1 fully saturated rings. The van der Waals surface area contributed by atoms with E-state index in [2.05, 4.69) is 5.32 Å². The van der Waals surface area contributed by atoms with Crippen LogP contribution in [0.4, 0.5) is 4.79 Å². The van der Waals surface area contributed by atoms with Crippen molar-refractivity contribution in [3.8, 4) is 5.75 Å². The third-order valence-electron chi connectivity index (χ3n) is 5.20. The van der Waals surface area contributed by atoms with Crippen LogP contribution in [0.25, 0.3) is 0 Å². The SMILES string of the molecule is CCOC(=O)[C@@H]1C(=O)NC(N2CCN(C(=O)OCC)CC2)=N[C@H]1c1ccc(OC)cc1. The number of guanidine groups is 1. The zero-order valence-corrected chi connectivity index (χ0v) is 18.0. The van der Waals surface area contributed by atoms with Crippen molar-refractivity contribution in [1.29, 1.82) is 0 Å². The highest BCUT2D eigenvalue weighted by molar-refractivity contribution is 6.08. The summed E-state index contributed by atoms with van der Waals surface area (Å²) in [5.74, 6) is -1.11. The smallest absolute Gasteiger partial charge is 0.409 e. The number of hydrogen-bond acceptors (Lipinski definition) is 8. The zero-order chi connectivity index (χ0) is 22.4. The van der Waals surface area contributed by atoms with E-state index in [1.165, 1.54) is 0 Å². The Labute approximate surface area is 181 Å². The molecule has 10 nitrogen and oxygen atoms in total. The molecule has 2 aliphatic rings. The van der Waals surface area contributed by atoms with Crippen LogP contribution in [-0.2, 0) is 19.1 Å². The number of amides is 2. The van der Waals surface area contributed by atoms with E-state index in [4.69, 9.17) is 19.2 Å². The van der Waals surface area contributed by atoms with Crippen molar-refractivity contribution >= 4 is 23.9 Å². The third kappa shape index (κ3) is 5.07. The number of piperazine rings is 1. The Hall–Kier alpha value is -3.30. The molecule has 0 saturated carbocycles. The average Bonchev–Trinajstić information content (AvgIpc) is 2.79. The van der Waals surface area contributed by atoms with Crippen molar-refractivity contribution in [3.63, 3.8) is 0 Å². The van der Waals surface area contributed by atoms with Crippen LogP contribution in [-0.4, -0.2) is 80.2 Å². The number of rotatable bonds is 5. The third-order valence-corrected chi connectivity index (χ3v) is 5.20. The van der Waals surface area contributed by atoms with Crippen LogP contribution in [0.5, 0.6) is 5.75 Å². The molecule has 168 valence electrons. The van der Waals surface area contributed by atoms with Gasteiger partial charge in [-0.25, -0.2) is 9.79 Å². The molecule has 0 bridgehead atoms. The second-order valence-corrected chi connectivity index (χ2v) is 7.06. The lowest BCUT2D eigenvalue weighted by Crippen LogP contribution is -2.58. The molecule has 3 rings (SSSR count). The maximum Gasteiger partial charge on any atom is 0.409 e. The summed E-state index contributed by atoms with van der Waals surface area (Å²) in [6.45, 7) is 5.81. The van der Waals surface area contributed by atoms with Gasteiger partial charge in [-0.15, -0.1) is 0 Å². The highest BCUT2D eigenvalue weighted by Crippen LogP contribution is 2.32. The van der Waals surface area contributed by atoms with Gasteiger partial charge in [-0.05, 0) is 31.5 Å². The molecule has 1 aromatic rings. The molecule has 1 aromatic carbocycles. The van der Waals surface area contributed by atoms with Gasteiger partial charge in [0, 0.05) is 26.2 Å². The second kappa shape index (κ2) is 10.1. The van der Waals surface area contributed by atoms with E-state index < -0.39 is 23.8 Å². The molecule has 0 aliphatic carbocycles. The molecule has 2 aliphatic heterocycles. The minimum Gasteiger partial charge on any atom is -0.497 e. The Kier molecular flexibility index (Phi) is 7.32. The highest BCUT2D eigenvalue weighted by atomic mass is 16.6. The number of esters is 1. The van der Waals surface area contributed by atoms with Gasteiger partial charge in [-0.2, -0.15) is 0 Å². The van der Waals surface area contributed by atoms with Gasteiger partial charge in [-0.3, -0.25) is 14.9 Å². The van der Waals surface area contributed by atoms with Gasteiger partial charge >= 0.3 is 12.1 Å². The molecule has 0 unspecified atom stereocenters. The van der Waals surface area contributed by atoms with E-state index in [-0.39, 0.29) is 12.7 Å². The first-order valence-corrected chi connectivity index (χ1v) is 10.3. The van der Waals surface area contributed by atoms with E-state index in [9.17, 15) is 14.4 Å². The lowest BCUT2D eigenvalue weighted by Gasteiger charge is -2.38. The van der Waals surface area contributed by atoms with Crippen LogP contribution in [0.1, 0.15) is 25.5 Å². The average molecular weight is 432 g/mol. The number of carbonyl (C=O) groups is 3. The predicted molar refractivity (Wildman–Crippen MR) is 112 cm³/mol. The lowest BCUT2D eigenvalue weighted by molar-refractivity contribution is -0.153. The summed E-state index contributed by atoms with van der Waals surface area (Å²) in [7, 11) is 1.57. The number of hydrogen-bond donors (Lipinski definition) is 1. The molecule has 2 amide bonds. The van der Waals surface area contributed by atoms with Gasteiger partial charge in [0.25, 0.3) is 0 Å². The predicted octanol–water partition coefficient (Wildman–Crippen LogP) is 1.18. The molecule has 1 saturated heterocycles. The minimum absolute atomic E-state index is 0.171. The molecule has 0 radical (unpaired) electrons. The molecule has 0 spiro atoms. The Balaban J connectivity index is 1.83. The summed E-state index contributed by atoms with van der Waals surface area (Å²) in [5, 5.41) is 2.74. The van der Waals surface area contributed by atoms with Gasteiger partial charge in [0.1, 0.15) is 11.8 Å². The van der Waals surface area contributed by atoms with Crippen molar-refractivity contribution in [2.24, 2.45) is 10.9 Å². The fourth-order valence-corrected chi connectivity index (χ4v) is 3.58. The molecule has 2 atom stereocenters. The summed E-state index contributed by atoms with van der Waals surface area (Å²) in [4.78, 5) is 45.6. The van der Waals surface area contributed by atoms with Crippen LogP contribution < -0.4 is 10.1 Å². The van der Waals surface area contributed by atoms with E-state index in [0.717, 1.165) is 0 Å². The Morgan fingerprint density at radius 3 is 2.29 bits per heavy atom. The largest absolute Gasteiger partial charge is 0.497 e. The van der Waals surface area contributed by atoms with Gasteiger partial charge in [0.05, 0.1) is 20.3 Å². The van der Waals surface area contributed by atoms with E-state index in [1.807, 2.05) is 4.90 Å². The zero-order valence-electron chi connectivity index (χ0n) is 18.0. The fourth-order valence-electron chi connectivity index (χ4n) is 3.58. The summed E-state index contributed by atoms with van der Waals surface area (Å²) in [6, 6.07) is 6.37. The lowest BCUT2D eigenvalue weighted by atomic mass is 9.91. The topological polar surface area (TPSA) is 110 Å². The van der Waals surface area contributed by atoms with Gasteiger partial charge in [0.15, 0.2) is 5.92 Å². The quantitative estimate of drug-likeness (QED) is 0.549. The molecule has 31 heavy (non-hydrogen) atoms. The molecular formula is C21H28N4O6. The van der Waals surface area contributed by atoms with Crippen LogP contribution in [0.3, 0.4) is 0 Å². The Bertz CT molecular complexity index is 833. The van der Waals surface area contributed by atoms with Crippen LogP contribution in [0.15, 0.2) is 29.3 Å². The van der Waals surface area contributed by atoms with Crippen molar-refractivity contribution in [2.45, 2.75) is 19.9 Å². The first-order valence-electron chi connectivity index (χ1n) is 10.3. The summed E-state index contributed by atoms with van der Waals surface area (Å²) in [6.07, 6.45) is -0.352. The fraction of sp³-hybridized carbons (Fsp3) is 0.524. The number of nitrogens with zero attached hydrogens (tertiary/aromatic N) is 3. The number of methoxy groups -OCH3 is 1. The van der Waals surface area contributed by atoms with E-state index >= 15 is 0 Å². The molecule has 1 N–H and O–H groups in total. The molecular weight excluding hydrogens is 404 g/mol. The summed E-state index contributed by atoms with van der Waals surface area (Å²) < 4.78 is 15.4. The highest BCUT2D eigenvalue weighted by Gasteiger charge is 2.42. The Morgan fingerprint density at radius 2 is 1.71 bits per heavy atom. The van der Waals surface area contributed by atoms with Crippen molar-refractivity contribution < 1.29 is 28.6 Å². The number of carbonyl (C=O) groups excluding carboxylic acids is 3. The molecule has 0 aromatic heterocycles. The summed E-state index contributed by atoms with van der Waals surface area (Å²) in [5.41, 5.74) is 0.705. The first kappa shape index (κ1) is 22.4. The minimum atomic E-state index is -1.09. The Morgan fingerprint density at radius 1 is 1.06 bits per heavy atom. The normalized spacial score (nSPS) is 21.1. The van der Waals surface area contributed by atoms with Crippen molar-refractivity contribution in [2.75, 3.05) is 46.5 Å².